The normalized spacial score (nSPS) is 10.9. The smallest absolute Gasteiger partial charge is 0.274 e. The van der Waals surface area contributed by atoms with Crippen molar-refractivity contribution in [3.63, 3.8) is 0 Å². The van der Waals surface area contributed by atoms with Crippen LogP contribution in [0, 0.1) is 25.5 Å². The van der Waals surface area contributed by atoms with Crippen LogP contribution in [0.1, 0.15) is 27.4 Å². The Balaban J connectivity index is 1.64. The van der Waals surface area contributed by atoms with E-state index < -0.39 is 11.6 Å². The Morgan fingerprint density at radius 2 is 1.96 bits per heavy atom. The molecule has 0 spiro atoms. The number of carbonyl (C=O) groups excluding carboxylic acids is 1. The largest absolute Gasteiger partial charge is 0.468 e. The third-order valence-electron chi connectivity index (χ3n) is 4.51. The van der Waals surface area contributed by atoms with Crippen LogP contribution in [0.5, 0.6) is 5.75 Å². The highest BCUT2D eigenvalue weighted by atomic mass is 19.1. The molecule has 3 rings (SSSR count). The van der Waals surface area contributed by atoms with Crippen LogP contribution in [0.3, 0.4) is 0 Å². The van der Waals surface area contributed by atoms with Crippen molar-refractivity contribution in [2.45, 2.75) is 27.1 Å². The quantitative estimate of drug-likeness (QED) is 0.650. The summed E-state index contributed by atoms with van der Waals surface area (Å²) in [4.78, 5) is 14.2. The lowest BCUT2D eigenvalue weighted by atomic mass is 10.2. The molecule has 0 aliphatic rings. The van der Waals surface area contributed by atoms with Gasteiger partial charge in [-0.05, 0) is 32.0 Å². The molecule has 0 aliphatic carbocycles. The highest BCUT2D eigenvalue weighted by Gasteiger charge is 2.19. The van der Waals surface area contributed by atoms with Crippen LogP contribution >= 0.6 is 0 Å². The van der Waals surface area contributed by atoms with Crippen molar-refractivity contribution in [3.8, 4) is 5.75 Å². The average molecular weight is 389 g/mol. The van der Waals surface area contributed by atoms with Crippen LogP contribution in [0.4, 0.5) is 8.78 Å². The molecule has 0 bridgehead atoms. The average Bonchev–Trinajstić information content (AvgIpc) is 3.21. The number of amides is 1. The predicted octanol–water partition coefficient (Wildman–Crippen LogP) is 2.82. The first-order valence-corrected chi connectivity index (χ1v) is 8.62. The fourth-order valence-electron chi connectivity index (χ4n) is 2.83. The molecule has 1 aromatic carbocycles. The standard InChI is InChI=1S/C19H21F2N5O2/c1-12-15(13(2)25(4)22-12)10-24(3)19(27)17-7-8-26(23-17)11-28-18-6-5-14(20)9-16(18)21/h5-9H,10-11H2,1-4H3. The molecule has 0 N–H and O–H groups in total. The summed E-state index contributed by atoms with van der Waals surface area (Å²) in [6.45, 7) is 4.16. The van der Waals surface area contributed by atoms with E-state index in [9.17, 15) is 13.6 Å². The van der Waals surface area contributed by atoms with Gasteiger partial charge in [-0.15, -0.1) is 0 Å². The van der Waals surface area contributed by atoms with E-state index in [0.717, 1.165) is 29.1 Å². The molecule has 28 heavy (non-hydrogen) atoms. The zero-order valence-electron chi connectivity index (χ0n) is 16.1. The predicted molar refractivity (Wildman–Crippen MR) is 97.7 cm³/mol. The topological polar surface area (TPSA) is 65.2 Å². The molecule has 0 saturated heterocycles. The van der Waals surface area contributed by atoms with Gasteiger partial charge in [-0.2, -0.15) is 10.2 Å². The van der Waals surface area contributed by atoms with Crippen LogP contribution < -0.4 is 4.74 Å². The maximum atomic E-state index is 13.6. The Morgan fingerprint density at radius 1 is 1.21 bits per heavy atom. The van der Waals surface area contributed by atoms with E-state index in [0.29, 0.717) is 6.54 Å². The minimum atomic E-state index is -0.801. The van der Waals surface area contributed by atoms with E-state index in [1.807, 2.05) is 20.9 Å². The summed E-state index contributed by atoms with van der Waals surface area (Å²) in [6, 6.07) is 4.61. The zero-order chi connectivity index (χ0) is 20.4. The third-order valence-corrected chi connectivity index (χ3v) is 4.51. The summed E-state index contributed by atoms with van der Waals surface area (Å²) in [5.74, 6) is -1.83. The van der Waals surface area contributed by atoms with Crippen LogP contribution in [0.2, 0.25) is 0 Å². The number of carbonyl (C=O) groups is 1. The van der Waals surface area contributed by atoms with Gasteiger partial charge in [-0.25, -0.2) is 13.5 Å². The van der Waals surface area contributed by atoms with Crippen molar-refractivity contribution in [2.75, 3.05) is 7.05 Å². The van der Waals surface area contributed by atoms with E-state index in [-0.39, 0.29) is 24.1 Å². The highest BCUT2D eigenvalue weighted by molar-refractivity contribution is 5.92. The number of benzene rings is 1. The summed E-state index contributed by atoms with van der Waals surface area (Å²) >= 11 is 0. The Labute approximate surface area is 161 Å². The molecule has 0 unspecified atom stereocenters. The summed E-state index contributed by atoms with van der Waals surface area (Å²) in [5, 5.41) is 8.52. The summed E-state index contributed by atoms with van der Waals surface area (Å²) in [7, 11) is 3.55. The van der Waals surface area contributed by atoms with Crippen LogP contribution in [-0.2, 0) is 20.3 Å². The van der Waals surface area contributed by atoms with Crippen molar-refractivity contribution in [3.05, 3.63) is 64.7 Å². The third kappa shape index (κ3) is 4.03. The molecule has 0 aliphatic heterocycles. The fourth-order valence-corrected chi connectivity index (χ4v) is 2.83. The molecule has 0 saturated carbocycles. The van der Waals surface area contributed by atoms with E-state index >= 15 is 0 Å². The van der Waals surface area contributed by atoms with Gasteiger partial charge in [-0.3, -0.25) is 9.48 Å². The second kappa shape index (κ2) is 7.79. The Hall–Kier alpha value is -3.23. The van der Waals surface area contributed by atoms with Crippen LogP contribution in [0.25, 0.3) is 0 Å². The molecule has 3 aromatic rings. The number of halogens is 2. The second-order valence-corrected chi connectivity index (χ2v) is 6.52. The molecule has 7 nitrogen and oxygen atoms in total. The van der Waals surface area contributed by atoms with Gasteiger partial charge in [0.1, 0.15) is 5.82 Å². The van der Waals surface area contributed by atoms with Gasteiger partial charge in [0.05, 0.1) is 5.69 Å². The Kier molecular flexibility index (Phi) is 5.43. The lowest BCUT2D eigenvalue weighted by Crippen LogP contribution is -2.27. The SMILES string of the molecule is Cc1nn(C)c(C)c1CN(C)C(=O)c1ccn(COc2ccc(F)cc2F)n1. The number of hydrogen-bond donors (Lipinski definition) is 0. The Morgan fingerprint density at radius 3 is 2.61 bits per heavy atom. The summed E-state index contributed by atoms with van der Waals surface area (Å²) in [5.41, 5.74) is 3.11. The van der Waals surface area contributed by atoms with Gasteiger partial charge in [0, 0.05) is 44.2 Å². The molecule has 2 heterocycles. The number of aromatic nitrogens is 4. The molecule has 0 atom stereocenters. The van der Waals surface area contributed by atoms with Gasteiger partial charge in [0.15, 0.2) is 24.0 Å². The molecule has 148 valence electrons. The monoisotopic (exact) mass is 389 g/mol. The molecule has 2 aromatic heterocycles. The summed E-state index contributed by atoms with van der Waals surface area (Å²) < 4.78 is 35.0. The minimum Gasteiger partial charge on any atom is -0.468 e. The highest BCUT2D eigenvalue weighted by Crippen LogP contribution is 2.18. The summed E-state index contributed by atoms with van der Waals surface area (Å²) in [6.07, 6.45) is 1.56. The van der Waals surface area contributed by atoms with Crippen molar-refractivity contribution in [1.29, 1.82) is 0 Å². The lowest BCUT2D eigenvalue weighted by molar-refractivity contribution is 0.0776. The maximum Gasteiger partial charge on any atom is 0.274 e. The van der Waals surface area contributed by atoms with Gasteiger partial charge in [0.25, 0.3) is 5.91 Å². The van der Waals surface area contributed by atoms with Crippen molar-refractivity contribution in [1.82, 2.24) is 24.5 Å². The maximum absolute atomic E-state index is 13.6. The van der Waals surface area contributed by atoms with Crippen LogP contribution in [-0.4, -0.2) is 37.4 Å². The first-order chi connectivity index (χ1) is 13.3. The number of aryl methyl sites for hydroxylation is 2. The second-order valence-electron chi connectivity index (χ2n) is 6.52. The molecule has 9 heteroatoms. The van der Waals surface area contributed by atoms with Crippen molar-refractivity contribution < 1.29 is 18.3 Å². The Bertz CT molecular complexity index is 1010. The number of nitrogens with zero attached hydrogens (tertiary/aromatic N) is 5. The van der Waals surface area contributed by atoms with E-state index in [1.165, 1.54) is 10.7 Å². The van der Waals surface area contributed by atoms with E-state index in [4.69, 9.17) is 4.74 Å². The molecular formula is C19H21F2N5O2. The van der Waals surface area contributed by atoms with Gasteiger partial charge < -0.3 is 9.64 Å². The molecule has 0 fully saturated rings. The molecule has 0 radical (unpaired) electrons. The lowest BCUT2D eigenvalue weighted by Gasteiger charge is -2.16. The first-order valence-electron chi connectivity index (χ1n) is 8.62. The fraction of sp³-hybridized carbons (Fsp3) is 0.316. The minimum absolute atomic E-state index is 0.0931. The number of hydrogen-bond acceptors (Lipinski definition) is 4. The molecule has 1 amide bonds. The van der Waals surface area contributed by atoms with Gasteiger partial charge in [0.2, 0.25) is 0 Å². The van der Waals surface area contributed by atoms with Crippen molar-refractivity contribution >= 4 is 5.91 Å². The van der Waals surface area contributed by atoms with E-state index in [1.54, 1.807) is 28.9 Å². The number of rotatable bonds is 6. The van der Waals surface area contributed by atoms with E-state index in [2.05, 4.69) is 10.2 Å². The van der Waals surface area contributed by atoms with Gasteiger partial charge >= 0.3 is 0 Å². The first kappa shape index (κ1) is 19.5. The van der Waals surface area contributed by atoms with Gasteiger partial charge in [-0.1, -0.05) is 0 Å². The number of ether oxygens (including phenoxy) is 1. The zero-order valence-corrected chi connectivity index (χ0v) is 16.1. The molecular weight excluding hydrogens is 368 g/mol. The van der Waals surface area contributed by atoms with Crippen LogP contribution in [0.15, 0.2) is 30.5 Å². The van der Waals surface area contributed by atoms with Crippen molar-refractivity contribution in [2.24, 2.45) is 7.05 Å².